The molecular weight excluding hydrogens is 459 g/mol. The van der Waals surface area contributed by atoms with Crippen LogP contribution in [-0.4, -0.2) is 32.2 Å². The van der Waals surface area contributed by atoms with Crippen LogP contribution >= 0.6 is 35.0 Å². The van der Waals surface area contributed by atoms with Crippen molar-refractivity contribution < 1.29 is 14.3 Å². The number of nitrogens with one attached hydrogen (secondary N) is 1. The molecule has 0 bridgehead atoms. The molecule has 1 unspecified atom stereocenters. The van der Waals surface area contributed by atoms with E-state index in [0.717, 1.165) is 0 Å². The molecule has 0 saturated carbocycles. The molecule has 10 heteroatoms. The molecule has 0 saturated heterocycles. The van der Waals surface area contributed by atoms with Crippen molar-refractivity contribution in [2.24, 2.45) is 7.05 Å². The van der Waals surface area contributed by atoms with E-state index < -0.39 is 6.10 Å². The van der Waals surface area contributed by atoms with Gasteiger partial charge in [-0.1, -0.05) is 35.0 Å². The number of nitrogens with zero attached hydrogens (tertiary/aromatic N) is 3. The summed E-state index contributed by atoms with van der Waals surface area (Å²) in [5.41, 5.74) is 1.21. The van der Waals surface area contributed by atoms with Gasteiger partial charge in [0.2, 0.25) is 5.91 Å². The minimum absolute atomic E-state index is 0.0249. The predicted molar refractivity (Wildman–Crippen MR) is 122 cm³/mol. The van der Waals surface area contributed by atoms with Gasteiger partial charge in [-0.15, -0.1) is 10.2 Å². The lowest BCUT2D eigenvalue weighted by Crippen LogP contribution is -2.15. The smallest absolute Gasteiger partial charge is 0.234 e. The van der Waals surface area contributed by atoms with E-state index in [1.54, 1.807) is 54.1 Å². The first-order valence-electron chi connectivity index (χ1n) is 9.29. The van der Waals surface area contributed by atoms with E-state index in [-0.39, 0.29) is 17.4 Å². The highest BCUT2D eigenvalue weighted by Gasteiger charge is 2.19. The number of carbonyl (C=O) groups is 2. The molecule has 0 aliphatic rings. The Labute approximate surface area is 194 Å². The quantitative estimate of drug-likeness (QED) is 0.353. The molecular formula is C21H20Cl2N4O3S. The van der Waals surface area contributed by atoms with Crippen molar-refractivity contribution in [2.75, 3.05) is 11.1 Å². The van der Waals surface area contributed by atoms with Crippen molar-refractivity contribution >= 4 is 52.3 Å². The normalized spacial score (nSPS) is 11.8. The highest BCUT2D eigenvalue weighted by Crippen LogP contribution is 2.31. The number of Topliss-reactive ketones (excluding diaryl/α,β-unsaturated/α-hetero) is 1. The number of hydrogen-bond donors (Lipinski definition) is 1. The van der Waals surface area contributed by atoms with Crippen LogP contribution in [0.3, 0.4) is 0 Å². The second-order valence-corrected chi connectivity index (χ2v) is 8.49. The van der Waals surface area contributed by atoms with Gasteiger partial charge in [-0.05, 0) is 56.3 Å². The Bertz CT molecular complexity index is 1100. The minimum atomic E-state index is -0.417. The van der Waals surface area contributed by atoms with Crippen LogP contribution in [0.15, 0.2) is 47.6 Å². The van der Waals surface area contributed by atoms with E-state index in [2.05, 4.69) is 15.5 Å². The fraction of sp³-hybridized carbons (Fsp3) is 0.238. The first-order chi connectivity index (χ1) is 14.7. The van der Waals surface area contributed by atoms with Gasteiger partial charge in [0.25, 0.3) is 0 Å². The van der Waals surface area contributed by atoms with E-state index >= 15 is 0 Å². The van der Waals surface area contributed by atoms with Gasteiger partial charge in [0.1, 0.15) is 5.75 Å². The summed E-state index contributed by atoms with van der Waals surface area (Å²) in [5.74, 6) is 1.02. The van der Waals surface area contributed by atoms with Crippen molar-refractivity contribution in [1.29, 1.82) is 0 Å². The van der Waals surface area contributed by atoms with Crippen LogP contribution in [0.5, 0.6) is 5.75 Å². The standard InChI is InChI=1S/C21H20Cl2N4O3S/c1-12(28)14-4-7-16(8-5-14)24-19(29)11-31-21-26-25-20(27(21)3)13(2)30-18-9-6-15(22)10-17(18)23/h4-10,13H,11H2,1-3H3,(H,24,29). The second-order valence-electron chi connectivity index (χ2n) is 6.71. The highest BCUT2D eigenvalue weighted by atomic mass is 35.5. The summed E-state index contributed by atoms with van der Waals surface area (Å²) in [6, 6.07) is 11.7. The summed E-state index contributed by atoms with van der Waals surface area (Å²) in [7, 11) is 1.80. The van der Waals surface area contributed by atoms with E-state index in [0.29, 0.717) is 38.0 Å². The lowest BCUT2D eigenvalue weighted by atomic mass is 10.1. The zero-order valence-electron chi connectivity index (χ0n) is 17.1. The molecule has 2 aromatic carbocycles. The van der Waals surface area contributed by atoms with Crippen LogP contribution in [0.1, 0.15) is 36.1 Å². The zero-order valence-corrected chi connectivity index (χ0v) is 19.4. The molecule has 1 amide bonds. The van der Waals surface area contributed by atoms with E-state index in [4.69, 9.17) is 27.9 Å². The molecule has 0 fully saturated rings. The number of benzene rings is 2. The summed E-state index contributed by atoms with van der Waals surface area (Å²) in [5, 5.41) is 12.6. The molecule has 0 spiro atoms. The molecule has 31 heavy (non-hydrogen) atoms. The largest absolute Gasteiger partial charge is 0.481 e. The summed E-state index contributed by atoms with van der Waals surface area (Å²) in [6.45, 7) is 3.33. The van der Waals surface area contributed by atoms with E-state index in [1.807, 2.05) is 6.92 Å². The maximum Gasteiger partial charge on any atom is 0.234 e. The Morgan fingerprint density at radius 3 is 2.52 bits per heavy atom. The Morgan fingerprint density at radius 2 is 1.87 bits per heavy atom. The molecule has 1 atom stereocenters. The molecule has 3 aromatic rings. The minimum Gasteiger partial charge on any atom is -0.481 e. The number of hydrogen-bond acceptors (Lipinski definition) is 6. The highest BCUT2D eigenvalue weighted by molar-refractivity contribution is 7.99. The Balaban J connectivity index is 1.58. The Morgan fingerprint density at radius 1 is 1.16 bits per heavy atom. The molecule has 1 N–H and O–H groups in total. The number of aromatic nitrogens is 3. The zero-order chi connectivity index (χ0) is 22.5. The van der Waals surface area contributed by atoms with Crippen molar-refractivity contribution in [3.05, 3.63) is 63.9 Å². The molecule has 0 aliphatic carbocycles. The SMILES string of the molecule is CC(=O)c1ccc(NC(=O)CSc2nnc(C(C)Oc3ccc(Cl)cc3Cl)n2C)cc1. The fourth-order valence-corrected chi connectivity index (χ4v) is 3.91. The van der Waals surface area contributed by atoms with E-state index in [1.165, 1.54) is 18.7 Å². The topological polar surface area (TPSA) is 86.1 Å². The van der Waals surface area contributed by atoms with Gasteiger partial charge in [0.15, 0.2) is 22.9 Å². The van der Waals surface area contributed by atoms with Crippen molar-refractivity contribution in [2.45, 2.75) is 25.1 Å². The third-order valence-corrected chi connectivity index (χ3v) is 5.89. The van der Waals surface area contributed by atoms with Crippen molar-refractivity contribution in [1.82, 2.24) is 14.8 Å². The molecule has 0 aliphatic heterocycles. The van der Waals surface area contributed by atoms with Gasteiger partial charge >= 0.3 is 0 Å². The Hall–Kier alpha value is -2.55. The number of amides is 1. The second kappa shape index (κ2) is 10.2. The van der Waals surface area contributed by atoms with Crippen LogP contribution in [-0.2, 0) is 11.8 Å². The van der Waals surface area contributed by atoms with Crippen LogP contribution < -0.4 is 10.1 Å². The van der Waals surface area contributed by atoms with Crippen LogP contribution in [0.25, 0.3) is 0 Å². The van der Waals surface area contributed by atoms with Gasteiger partial charge in [0, 0.05) is 23.3 Å². The van der Waals surface area contributed by atoms with Gasteiger partial charge in [-0.2, -0.15) is 0 Å². The molecule has 3 rings (SSSR count). The number of ether oxygens (including phenoxy) is 1. The maximum atomic E-state index is 12.3. The van der Waals surface area contributed by atoms with Crippen LogP contribution in [0.4, 0.5) is 5.69 Å². The molecule has 1 heterocycles. The first kappa shape index (κ1) is 23.1. The average molecular weight is 479 g/mol. The van der Waals surface area contributed by atoms with Gasteiger partial charge in [0.05, 0.1) is 10.8 Å². The number of ketones is 1. The fourth-order valence-electron chi connectivity index (χ4n) is 2.74. The summed E-state index contributed by atoms with van der Waals surface area (Å²) >= 11 is 13.3. The third kappa shape index (κ3) is 6.00. The maximum absolute atomic E-state index is 12.3. The molecule has 7 nitrogen and oxygen atoms in total. The predicted octanol–water partition coefficient (Wildman–Crippen LogP) is 5.20. The monoisotopic (exact) mass is 478 g/mol. The number of halogens is 2. The summed E-state index contributed by atoms with van der Waals surface area (Å²) in [6.07, 6.45) is -0.417. The van der Waals surface area contributed by atoms with Crippen molar-refractivity contribution in [3.8, 4) is 5.75 Å². The number of anilines is 1. The van der Waals surface area contributed by atoms with E-state index in [9.17, 15) is 9.59 Å². The summed E-state index contributed by atoms with van der Waals surface area (Å²) in [4.78, 5) is 23.6. The molecule has 162 valence electrons. The lowest BCUT2D eigenvalue weighted by molar-refractivity contribution is -0.113. The van der Waals surface area contributed by atoms with Crippen LogP contribution in [0.2, 0.25) is 10.0 Å². The number of thioether (sulfide) groups is 1. The van der Waals surface area contributed by atoms with Gasteiger partial charge < -0.3 is 14.6 Å². The molecule has 1 aromatic heterocycles. The summed E-state index contributed by atoms with van der Waals surface area (Å²) < 4.78 is 7.66. The molecule has 0 radical (unpaired) electrons. The Kier molecular flexibility index (Phi) is 7.59. The number of rotatable bonds is 8. The first-order valence-corrected chi connectivity index (χ1v) is 11.0. The van der Waals surface area contributed by atoms with Crippen LogP contribution in [0, 0.1) is 0 Å². The third-order valence-electron chi connectivity index (χ3n) is 4.34. The van der Waals surface area contributed by atoms with Gasteiger partial charge in [-0.25, -0.2) is 0 Å². The lowest BCUT2D eigenvalue weighted by Gasteiger charge is -2.15. The van der Waals surface area contributed by atoms with Gasteiger partial charge in [-0.3, -0.25) is 9.59 Å². The average Bonchev–Trinajstić information content (AvgIpc) is 3.09. The van der Waals surface area contributed by atoms with Crippen molar-refractivity contribution in [3.63, 3.8) is 0 Å². The number of carbonyl (C=O) groups excluding carboxylic acids is 2.